The van der Waals surface area contributed by atoms with Gasteiger partial charge in [0.2, 0.25) is 0 Å². The van der Waals surface area contributed by atoms with Crippen LogP contribution in [0.1, 0.15) is 11.1 Å². The molecule has 0 fully saturated rings. The van der Waals surface area contributed by atoms with Crippen LogP contribution in [0.5, 0.6) is 0 Å². The Bertz CT molecular complexity index is 548. The van der Waals surface area contributed by atoms with Crippen LogP contribution in [-0.2, 0) is 22.4 Å². The summed E-state index contributed by atoms with van der Waals surface area (Å²) in [6.45, 7) is 0. The van der Waals surface area contributed by atoms with Gasteiger partial charge in [-0.1, -0.05) is 60.7 Å². The zero-order valence-electron chi connectivity index (χ0n) is 12.1. The van der Waals surface area contributed by atoms with Crippen molar-refractivity contribution < 1.29 is 19.8 Å². The number of carbonyl (C=O) groups is 2. The average Bonchev–Trinajstić information content (AvgIpc) is 2.54. The fourth-order valence-electron chi connectivity index (χ4n) is 1.72. The molecule has 2 N–H and O–H groups in total. The highest BCUT2D eigenvalue weighted by molar-refractivity contribution is 5.89. The van der Waals surface area contributed by atoms with Gasteiger partial charge in [0.25, 0.3) is 0 Å². The third kappa shape index (κ3) is 8.32. The van der Waals surface area contributed by atoms with E-state index in [0.29, 0.717) is 12.2 Å². The van der Waals surface area contributed by atoms with Gasteiger partial charge in [0.05, 0.1) is 0 Å². The Kier molecular flexibility index (Phi) is 7.76. The maximum atomic E-state index is 9.55. The Labute approximate surface area is 129 Å². The molecule has 22 heavy (non-hydrogen) atoms. The van der Waals surface area contributed by atoms with Crippen LogP contribution in [0.25, 0.3) is 0 Å². The van der Waals surface area contributed by atoms with E-state index < -0.39 is 11.9 Å². The second-order valence-electron chi connectivity index (χ2n) is 4.48. The van der Waals surface area contributed by atoms with Gasteiger partial charge in [0, 0.05) is 12.2 Å². The molecular weight excluding hydrogens is 280 g/mol. The molecule has 0 saturated carbocycles. The molecule has 0 spiro atoms. The van der Waals surface area contributed by atoms with Crippen molar-refractivity contribution in [2.45, 2.75) is 12.8 Å². The summed E-state index contributed by atoms with van der Waals surface area (Å²) in [5, 5.41) is 15.6. The minimum absolute atomic E-state index is 0.558. The van der Waals surface area contributed by atoms with E-state index in [2.05, 4.69) is 60.7 Å². The standard InChI is InChI=1S/C14H14.C4H4O4/c1-3-7-13(8-4-1)11-12-14-9-5-2-6-10-14;5-3(6)1-2-4(7)8/h1-10H,11-12H2;1-2H,(H,5,6)(H,7,8)/b;2-1-. The molecule has 0 aliphatic heterocycles. The van der Waals surface area contributed by atoms with Crippen LogP contribution in [0.4, 0.5) is 0 Å². The van der Waals surface area contributed by atoms with Crippen molar-refractivity contribution in [1.29, 1.82) is 0 Å². The van der Waals surface area contributed by atoms with Crippen LogP contribution in [-0.4, -0.2) is 22.2 Å². The van der Waals surface area contributed by atoms with Crippen molar-refractivity contribution in [3.63, 3.8) is 0 Å². The van der Waals surface area contributed by atoms with E-state index >= 15 is 0 Å². The number of hydrogen-bond donors (Lipinski definition) is 2. The minimum Gasteiger partial charge on any atom is -0.478 e. The number of hydrogen-bond acceptors (Lipinski definition) is 2. The summed E-state index contributed by atoms with van der Waals surface area (Å²) in [5.41, 5.74) is 2.83. The van der Waals surface area contributed by atoms with Gasteiger partial charge in [-0.05, 0) is 24.0 Å². The predicted molar refractivity (Wildman–Crippen MR) is 84.7 cm³/mol. The van der Waals surface area contributed by atoms with E-state index in [-0.39, 0.29) is 0 Å². The Balaban J connectivity index is 0.000000261. The summed E-state index contributed by atoms with van der Waals surface area (Å²) in [4.78, 5) is 19.1. The molecule has 2 rings (SSSR count). The monoisotopic (exact) mass is 298 g/mol. The molecule has 0 amide bonds. The Morgan fingerprint density at radius 3 is 1.27 bits per heavy atom. The first-order valence-corrected chi connectivity index (χ1v) is 6.79. The van der Waals surface area contributed by atoms with Gasteiger partial charge in [-0.15, -0.1) is 0 Å². The molecule has 0 unspecified atom stereocenters. The van der Waals surface area contributed by atoms with E-state index in [1.165, 1.54) is 11.1 Å². The molecule has 4 heteroatoms. The van der Waals surface area contributed by atoms with Gasteiger partial charge in [-0.3, -0.25) is 0 Å². The third-order valence-corrected chi connectivity index (χ3v) is 2.76. The first-order chi connectivity index (χ1) is 10.6. The summed E-state index contributed by atoms with van der Waals surface area (Å²) < 4.78 is 0. The lowest BCUT2D eigenvalue weighted by Crippen LogP contribution is -1.91. The van der Waals surface area contributed by atoms with Crippen molar-refractivity contribution in [3.05, 3.63) is 83.9 Å². The van der Waals surface area contributed by atoms with Crippen LogP contribution in [0, 0.1) is 0 Å². The lowest BCUT2D eigenvalue weighted by molar-refractivity contribution is -0.134. The molecule has 114 valence electrons. The van der Waals surface area contributed by atoms with Crippen molar-refractivity contribution in [1.82, 2.24) is 0 Å². The Hall–Kier alpha value is -2.88. The van der Waals surface area contributed by atoms with Crippen LogP contribution >= 0.6 is 0 Å². The molecule has 0 bridgehead atoms. The van der Waals surface area contributed by atoms with E-state index in [1.54, 1.807) is 0 Å². The molecule has 0 aromatic heterocycles. The van der Waals surface area contributed by atoms with Gasteiger partial charge in [-0.2, -0.15) is 0 Å². The molecular formula is C18H18O4. The first-order valence-electron chi connectivity index (χ1n) is 6.79. The highest BCUT2D eigenvalue weighted by atomic mass is 16.4. The van der Waals surface area contributed by atoms with Gasteiger partial charge in [0.15, 0.2) is 0 Å². The molecule has 2 aromatic carbocycles. The quantitative estimate of drug-likeness (QED) is 0.831. The minimum atomic E-state index is -1.26. The summed E-state index contributed by atoms with van der Waals surface area (Å²) in [6.07, 6.45) is 3.38. The number of benzene rings is 2. The fourth-order valence-corrected chi connectivity index (χ4v) is 1.72. The number of aryl methyl sites for hydroxylation is 2. The molecule has 0 atom stereocenters. The summed E-state index contributed by atoms with van der Waals surface area (Å²) in [6, 6.07) is 21.2. The van der Waals surface area contributed by atoms with Crippen LogP contribution in [0.3, 0.4) is 0 Å². The zero-order valence-corrected chi connectivity index (χ0v) is 12.1. The predicted octanol–water partition coefficient (Wildman–Crippen LogP) is 3.18. The number of rotatable bonds is 5. The maximum absolute atomic E-state index is 9.55. The van der Waals surface area contributed by atoms with Crippen LogP contribution < -0.4 is 0 Å². The maximum Gasteiger partial charge on any atom is 0.328 e. The number of carboxylic acids is 2. The van der Waals surface area contributed by atoms with Gasteiger partial charge in [-0.25, -0.2) is 9.59 Å². The van der Waals surface area contributed by atoms with E-state index in [0.717, 1.165) is 12.8 Å². The van der Waals surface area contributed by atoms with Gasteiger partial charge < -0.3 is 10.2 Å². The Morgan fingerprint density at radius 2 is 1.00 bits per heavy atom. The molecule has 2 aromatic rings. The highest BCUT2D eigenvalue weighted by Gasteiger charge is 1.93. The van der Waals surface area contributed by atoms with Crippen molar-refractivity contribution in [2.24, 2.45) is 0 Å². The fraction of sp³-hybridized carbons (Fsp3) is 0.111. The topological polar surface area (TPSA) is 74.6 Å². The molecule has 4 nitrogen and oxygen atoms in total. The second-order valence-corrected chi connectivity index (χ2v) is 4.48. The largest absolute Gasteiger partial charge is 0.478 e. The molecule has 0 aliphatic rings. The number of aliphatic carboxylic acids is 2. The summed E-state index contributed by atoms with van der Waals surface area (Å²) in [5.74, 6) is -2.51. The SMILES string of the molecule is O=C(O)/C=C\C(=O)O.c1ccc(CCc2ccccc2)cc1. The average molecular weight is 298 g/mol. The first kappa shape index (κ1) is 17.2. The van der Waals surface area contributed by atoms with Crippen LogP contribution in [0.2, 0.25) is 0 Å². The Morgan fingerprint density at radius 1 is 0.682 bits per heavy atom. The molecule has 0 radical (unpaired) electrons. The smallest absolute Gasteiger partial charge is 0.328 e. The summed E-state index contributed by atoms with van der Waals surface area (Å²) in [7, 11) is 0. The number of carboxylic acid groups (broad SMARTS) is 2. The van der Waals surface area contributed by atoms with Crippen molar-refractivity contribution >= 4 is 11.9 Å². The molecule has 0 heterocycles. The normalized spacial score (nSPS) is 9.82. The lowest BCUT2D eigenvalue weighted by atomic mass is 10.0. The molecule has 0 saturated heterocycles. The lowest BCUT2D eigenvalue weighted by Gasteiger charge is -2.01. The summed E-state index contributed by atoms with van der Waals surface area (Å²) >= 11 is 0. The van der Waals surface area contributed by atoms with E-state index in [9.17, 15) is 9.59 Å². The second kappa shape index (κ2) is 9.94. The van der Waals surface area contributed by atoms with E-state index in [1.807, 2.05) is 0 Å². The van der Waals surface area contributed by atoms with Crippen molar-refractivity contribution in [3.8, 4) is 0 Å². The van der Waals surface area contributed by atoms with E-state index in [4.69, 9.17) is 10.2 Å². The van der Waals surface area contributed by atoms with Gasteiger partial charge in [0.1, 0.15) is 0 Å². The molecule has 0 aliphatic carbocycles. The van der Waals surface area contributed by atoms with Gasteiger partial charge >= 0.3 is 11.9 Å². The zero-order chi connectivity index (χ0) is 16.2. The third-order valence-electron chi connectivity index (χ3n) is 2.76. The van der Waals surface area contributed by atoms with Crippen LogP contribution in [0.15, 0.2) is 72.8 Å². The highest BCUT2D eigenvalue weighted by Crippen LogP contribution is 2.06. The van der Waals surface area contributed by atoms with Crippen molar-refractivity contribution in [2.75, 3.05) is 0 Å².